The molecule has 3 nitrogen and oxygen atoms in total. The second-order valence-electron chi connectivity index (χ2n) is 3.91. The summed E-state index contributed by atoms with van der Waals surface area (Å²) >= 11 is 3.33. The van der Waals surface area contributed by atoms with Crippen molar-refractivity contribution in [1.82, 2.24) is 10.3 Å². The predicted octanol–water partition coefficient (Wildman–Crippen LogP) is 3.43. The lowest BCUT2D eigenvalue weighted by molar-refractivity contribution is 0.439. The molecule has 2 rings (SSSR count). The second kappa shape index (κ2) is 6.11. The molecule has 1 aromatic heterocycles. The zero-order chi connectivity index (χ0) is 13.0. The van der Waals surface area contributed by atoms with E-state index in [-0.39, 0.29) is 5.82 Å². The molecular weight excluding hydrogens is 299 g/mol. The number of hydrogen-bond acceptors (Lipinski definition) is 3. The number of oxazole rings is 1. The Hall–Kier alpha value is -1.20. The fraction of sp³-hybridized carbons (Fsp3) is 0.308. The van der Waals surface area contributed by atoms with Gasteiger partial charge >= 0.3 is 0 Å². The minimum absolute atomic E-state index is 0.245. The summed E-state index contributed by atoms with van der Waals surface area (Å²) in [5, 5.41) is 3.21. The Morgan fingerprint density at radius 3 is 2.89 bits per heavy atom. The van der Waals surface area contributed by atoms with Crippen LogP contribution >= 0.6 is 15.9 Å². The Morgan fingerprint density at radius 2 is 2.22 bits per heavy atom. The number of aryl methyl sites for hydroxylation is 1. The SMILES string of the molecule is CCc1cnc(CNCc2ccc(F)cc2Br)o1. The van der Waals surface area contributed by atoms with Crippen molar-refractivity contribution >= 4 is 15.9 Å². The Labute approximate surface area is 114 Å². The van der Waals surface area contributed by atoms with Crippen LogP contribution in [0, 0.1) is 5.82 Å². The van der Waals surface area contributed by atoms with Gasteiger partial charge in [-0.3, -0.25) is 0 Å². The number of nitrogens with one attached hydrogen (secondary N) is 1. The number of aromatic nitrogens is 1. The minimum atomic E-state index is -0.245. The van der Waals surface area contributed by atoms with Gasteiger partial charge in [-0.2, -0.15) is 0 Å². The van der Waals surface area contributed by atoms with Gasteiger partial charge in [0.05, 0.1) is 12.7 Å². The monoisotopic (exact) mass is 312 g/mol. The standard InChI is InChI=1S/C13H14BrFN2O/c1-2-11-7-17-13(18-11)8-16-6-9-3-4-10(15)5-12(9)14/h3-5,7,16H,2,6,8H2,1H3. The molecule has 2 aromatic rings. The number of halogens is 2. The van der Waals surface area contributed by atoms with Crippen molar-refractivity contribution in [2.45, 2.75) is 26.4 Å². The van der Waals surface area contributed by atoms with E-state index in [1.54, 1.807) is 12.3 Å². The summed E-state index contributed by atoms with van der Waals surface area (Å²) in [7, 11) is 0. The molecule has 0 radical (unpaired) electrons. The van der Waals surface area contributed by atoms with Crippen molar-refractivity contribution in [3.8, 4) is 0 Å². The lowest BCUT2D eigenvalue weighted by Gasteiger charge is -2.05. The molecule has 0 saturated carbocycles. The van der Waals surface area contributed by atoms with E-state index in [0.29, 0.717) is 19.0 Å². The number of hydrogen-bond donors (Lipinski definition) is 1. The summed E-state index contributed by atoms with van der Waals surface area (Å²) in [6, 6.07) is 4.65. The van der Waals surface area contributed by atoms with Crippen LogP contribution in [0.3, 0.4) is 0 Å². The van der Waals surface area contributed by atoms with Gasteiger partial charge in [-0.05, 0) is 17.7 Å². The largest absolute Gasteiger partial charge is 0.444 e. The van der Waals surface area contributed by atoms with Gasteiger partial charge in [-0.1, -0.05) is 28.9 Å². The zero-order valence-corrected chi connectivity index (χ0v) is 11.6. The maximum atomic E-state index is 12.9. The van der Waals surface area contributed by atoms with Crippen LogP contribution in [0.2, 0.25) is 0 Å². The molecule has 18 heavy (non-hydrogen) atoms. The molecule has 5 heteroatoms. The second-order valence-corrected chi connectivity index (χ2v) is 4.77. The van der Waals surface area contributed by atoms with Gasteiger partial charge in [0.2, 0.25) is 5.89 Å². The van der Waals surface area contributed by atoms with Crippen molar-refractivity contribution in [3.63, 3.8) is 0 Å². The van der Waals surface area contributed by atoms with E-state index in [9.17, 15) is 4.39 Å². The summed E-state index contributed by atoms with van der Waals surface area (Å²) in [5.41, 5.74) is 0.999. The van der Waals surface area contributed by atoms with Crippen LogP contribution in [0.4, 0.5) is 4.39 Å². The molecule has 96 valence electrons. The Balaban J connectivity index is 1.88. The van der Waals surface area contributed by atoms with Gasteiger partial charge < -0.3 is 9.73 Å². The highest BCUT2D eigenvalue weighted by Gasteiger charge is 2.04. The predicted molar refractivity (Wildman–Crippen MR) is 70.5 cm³/mol. The molecule has 0 aliphatic heterocycles. The van der Waals surface area contributed by atoms with Gasteiger partial charge in [0.15, 0.2) is 0 Å². The zero-order valence-electron chi connectivity index (χ0n) is 10.0. The smallest absolute Gasteiger partial charge is 0.208 e. The first-order chi connectivity index (χ1) is 8.69. The van der Waals surface area contributed by atoms with E-state index < -0.39 is 0 Å². The maximum absolute atomic E-state index is 12.9. The third kappa shape index (κ3) is 3.40. The molecule has 1 aromatic carbocycles. The van der Waals surface area contributed by atoms with Crippen LogP contribution in [-0.2, 0) is 19.5 Å². The highest BCUT2D eigenvalue weighted by atomic mass is 79.9. The average molecular weight is 313 g/mol. The van der Waals surface area contributed by atoms with Crippen LogP contribution < -0.4 is 5.32 Å². The molecule has 0 bridgehead atoms. The summed E-state index contributed by atoms with van der Waals surface area (Å²) in [6.45, 7) is 3.21. The first-order valence-corrected chi connectivity index (χ1v) is 6.56. The summed E-state index contributed by atoms with van der Waals surface area (Å²) < 4.78 is 19.1. The van der Waals surface area contributed by atoms with Crippen LogP contribution in [-0.4, -0.2) is 4.98 Å². The normalized spacial score (nSPS) is 10.8. The van der Waals surface area contributed by atoms with E-state index in [1.165, 1.54) is 12.1 Å². The van der Waals surface area contributed by atoms with E-state index in [1.807, 2.05) is 6.92 Å². The van der Waals surface area contributed by atoms with Crippen LogP contribution in [0.15, 0.2) is 33.3 Å². The molecule has 0 aliphatic rings. The lowest BCUT2D eigenvalue weighted by Crippen LogP contribution is -2.13. The average Bonchev–Trinajstić information content (AvgIpc) is 2.80. The highest BCUT2D eigenvalue weighted by Crippen LogP contribution is 2.17. The molecule has 0 spiro atoms. The Morgan fingerprint density at radius 1 is 1.39 bits per heavy atom. The van der Waals surface area contributed by atoms with Crippen molar-refractivity contribution in [2.24, 2.45) is 0 Å². The Bertz CT molecular complexity index is 527. The Kier molecular flexibility index (Phi) is 4.49. The molecule has 0 aliphatic carbocycles. The van der Waals surface area contributed by atoms with Gasteiger partial charge in [0.1, 0.15) is 11.6 Å². The molecule has 0 atom stereocenters. The topological polar surface area (TPSA) is 38.1 Å². The van der Waals surface area contributed by atoms with Gasteiger partial charge in [0.25, 0.3) is 0 Å². The molecule has 0 unspecified atom stereocenters. The summed E-state index contributed by atoms with van der Waals surface area (Å²) in [6.07, 6.45) is 2.58. The van der Waals surface area contributed by atoms with Gasteiger partial charge in [-0.25, -0.2) is 9.37 Å². The highest BCUT2D eigenvalue weighted by molar-refractivity contribution is 9.10. The lowest BCUT2D eigenvalue weighted by atomic mass is 10.2. The molecule has 0 saturated heterocycles. The first-order valence-electron chi connectivity index (χ1n) is 5.77. The number of rotatable bonds is 5. The van der Waals surface area contributed by atoms with E-state index in [4.69, 9.17) is 4.42 Å². The summed E-state index contributed by atoms with van der Waals surface area (Å²) in [4.78, 5) is 4.15. The van der Waals surface area contributed by atoms with Gasteiger partial charge in [0, 0.05) is 17.4 Å². The van der Waals surface area contributed by atoms with Crippen LogP contribution in [0.5, 0.6) is 0 Å². The fourth-order valence-electron chi connectivity index (χ4n) is 1.56. The van der Waals surface area contributed by atoms with Crippen molar-refractivity contribution in [1.29, 1.82) is 0 Å². The first kappa shape index (κ1) is 13.2. The van der Waals surface area contributed by atoms with Crippen molar-refractivity contribution < 1.29 is 8.81 Å². The van der Waals surface area contributed by atoms with E-state index in [0.717, 1.165) is 22.2 Å². The number of nitrogens with zero attached hydrogens (tertiary/aromatic N) is 1. The van der Waals surface area contributed by atoms with E-state index in [2.05, 4.69) is 26.2 Å². The summed E-state index contributed by atoms with van der Waals surface area (Å²) in [5.74, 6) is 1.31. The van der Waals surface area contributed by atoms with Crippen molar-refractivity contribution in [2.75, 3.05) is 0 Å². The molecule has 1 heterocycles. The quantitative estimate of drug-likeness (QED) is 0.919. The molecular formula is C13H14BrFN2O. The molecule has 1 N–H and O–H groups in total. The molecule has 0 amide bonds. The third-order valence-corrected chi connectivity index (χ3v) is 3.29. The van der Waals surface area contributed by atoms with Crippen LogP contribution in [0.1, 0.15) is 24.1 Å². The van der Waals surface area contributed by atoms with Gasteiger partial charge in [-0.15, -0.1) is 0 Å². The van der Waals surface area contributed by atoms with Crippen molar-refractivity contribution in [3.05, 3.63) is 51.9 Å². The molecule has 0 fully saturated rings. The minimum Gasteiger partial charge on any atom is -0.444 e. The van der Waals surface area contributed by atoms with E-state index >= 15 is 0 Å². The fourth-order valence-corrected chi connectivity index (χ4v) is 2.05. The third-order valence-electron chi connectivity index (χ3n) is 2.56. The van der Waals surface area contributed by atoms with Crippen LogP contribution in [0.25, 0.3) is 0 Å². The maximum Gasteiger partial charge on any atom is 0.208 e. The number of benzene rings is 1.